The minimum atomic E-state index is -2.74. The Labute approximate surface area is 227 Å². The summed E-state index contributed by atoms with van der Waals surface area (Å²) in [6, 6.07) is 7.72. The fourth-order valence-corrected chi connectivity index (χ4v) is 7.04. The van der Waals surface area contributed by atoms with Gasteiger partial charge in [-0.1, -0.05) is 64.0 Å². The Morgan fingerprint density at radius 2 is 1.70 bits per heavy atom. The van der Waals surface area contributed by atoms with E-state index in [1.54, 1.807) is 4.90 Å². The molecule has 2 rings (SSSR count). The Balaban J connectivity index is 2.36. The molecule has 1 heterocycles. The summed E-state index contributed by atoms with van der Waals surface area (Å²) < 4.78 is 31.8. The van der Waals surface area contributed by atoms with Crippen LogP contribution in [0.1, 0.15) is 67.4 Å². The highest BCUT2D eigenvalue weighted by molar-refractivity contribution is 7.93. The monoisotopic (exact) mass is 550 g/mol. The zero-order valence-electron chi connectivity index (χ0n) is 25.0. The van der Waals surface area contributed by atoms with E-state index in [1.807, 2.05) is 58.0 Å². The number of hydrogen-bond donors (Lipinski definition) is 0. The predicted octanol–water partition coefficient (Wildman–Crippen LogP) is 7.44. The zero-order chi connectivity index (χ0) is 28.2. The Hall–Kier alpha value is -1.64. The third-order valence-corrected chi connectivity index (χ3v) is 14.1. The molecule has 37 heavy (non-hydrogen) atoms. The van der Waals surface area contributed by atoms with Crippen LogP contribution in [0.15, 0.2) is 45.2 Å². The first-order valence-electron chi connectivity index (χ1n) is 13.4. The van der Waals surface area contributed by atoms with Crippen LogP contribution in [0.4, 0.5) is 4.79 Å². The van der Waals surface area contributed by atoms with Crippen LogP contribution in [-0.2, 0) is 18.9 Å². The number of aryl methyl sites for hydroxylation is 1. The third kappa shape index (κ3) is 9.25. The van der Waals surface area contributed by atoms with E-state index in [4.69, 9.17) is 13.5 Å². The van der Waals surface area contributed by atoms with Gasteiger partial charge in [0.15, 0.2) is 8.32 Å². The molecule has 0 radical (unpaired) electrons. The predicted molar refractivity (Wildman–Crippen MR) is 157 cm³/mol. The van der Waals surface area contributed by atoms with Crippen LogP contribution >= 0.6 is 0 Å². The van der Waals surface area contributed by atoms with Crippen molar-refractivity contribution in [1.29, 1.82) is 0 Å². The van der Waals surface area contributed by atoms with Crippen LogP contribution in [0, 0.1) is 12.8 Å². The maximum Gasteiger partial charge on any atom is 0.410 e. The van der Waals surface area contributed by atoms with Crippen LogP contribution in [0.25, 0.3) is 0 Å². The summed E-state index contributed by atoms with van der Waals surface area (Å²) >= 11 is 0. The van der Waals surface area contributed by atoms with Crippen LogP contribution < -0.4 is 0 Å². The second kappa shape index (κ2) is 12.0. The lowest BCUT2D eigenvalue weighted by Crippen LogP contribution is -2.43. The molecule has 1 unspecified atom stereocenters. The van der Waals surface area contributed by atoms with Crippen molar-refractivity contribution in [2.45, 2.75) is 103 Å². The number of benzene rings is 1. The number of carbonyl (C=O) groups is 1. The number of amides is 1. The maximum atomic E-state index is 14.6. The summed E-state index contributed by atoms with van der Waals surface area (Å²) in [6.45, 7) is 24.5. The van der Waals surface area contributed by atoms with Crippen molar-refractivity contribution in [2.24, 2.45) is 10.3 Å². The lowest BCUT2D eigenvalue weighted by atomic mass is 10.1. The first-order valence-corrected chi connectivity index (χ1v) is 18.0. The Morgan fingerprint density at radius 1 is 1.11 bits per heavy atom. The highest BCUT2D eigenvalue weighted by Gasteiger charge is 2.38. The van der Waals surface area contributed by atoms with E-state index in [1.165, 1.54) is 0 Å². The van der Waals surface area contributed by atoms with Gasteiger partial charge in [-0.3, -0.25) is 0 Å². The highest BCUT2D eigenvalue weighted by atomic mass is 32.2. The van der Waals surface area contributed by atoms with Gasteiger partial charge in [0.05, 0.1) is 28.1 Å². The summed E-state index contributed by atoms with van der Waals surface area (Å²) in [7, 11) is -4.71. The molecule has 210 valence electrons. The van der Waals surface area contributed by atoms with Crippen molar-refractivity contribution in [3.05, 3.63) is 41.5 Å². The highest BCUT2D eigenvalue weighted by Crippen LogP contribution is 2.37. The molecule has 0 spiro atoms. The van der Waals surface area contributed by atoms with E-state index in [-0.39, 0.29) is 23.1 Å². The van der Waals surface area contributed by atoms with Gasteiger partial charge in [-0.05, 0) is 70.3 Å². The van der Waals surface area contributed by atoms with Crippen molar-refractivity contribution in [2.75, 3.05) is 25.4 Å². The summed E-state index contributed by atoms with van der Waals surface area (Å²) in [5, 5.41) is 0.0970. The van der Waals surface area contributed by atoms with Gasteiger partial charge in [-0.25, -0.2) is 13.4 Å². The molecule has 0 aliphatic carbocycles. The normalized spacial score (nSPS) is 17.7. The van der Waals surface area contributed by atoms with Crippen molar-refractivity contribution >= 4 is 24.1 Å². The van der Waals surface area contributed by atoms with E-state index in [0.29, 0.717) is 31.9 Å². The van der Waals surface area contributed by atoms with Crippen LogP contribution in [-0.4, -0.2) is 60.6 Å². The molecule has 1 aromatic carbocycles. The average molecular weight is 551 g/mol. The van der Waals surface area contributed by atoms with Gasteiger partial charge in [0.25, 0.3) is 0 Å². The van der Waals surface area contributed by atoms with Gasteiger partial charge in [0.1, 0.15) is 5.60 Å². The third-order valence-electron chi connectivity index (χ3n) is 7.22. The molecule has 8 heteroatoms. The van der Waals surface area contributed by atoms with E-state index in [0.717, 1.165) is 16.0 Å². The van der Waals surface area contributed by atoms with E-state index in [2.05, 4.69) is 47.7 Å². The number of hydrogen-bond acceptors (Lipinski definition) is 5. The molecular formula is C29H50N2O4SSi. The molecule has 1 aliphatic heterocycles. The largest absolute Gasteiger partial charge is 0.444 e. The summed E-state index contributed by atoms with van der Waals surface area (Å²) in [4.78, 5) is 14.9. The second-order valence-electron chi connectivity index (χ2n) is 13.1. The SMILES string of the molecule is Cc1ccc(S(=O)(CC2=CCN(C(=O)OC(C)(C)C)CC2)=N[C@H](CO[Si](C)(C)C(C)(C)C)C(C)C)cc1. The van der Waals surface area contributed by atoms with Crippen molar-refractivity contribution in [1.82, 2.24) is 4.90 Å². The minimum absolute atomic E-state index is 0.0970. The van der Waals surface area contributed by atoms with Gasteiger partial charge in [-0.15, -0.1) is 0 Å². The quantitative estimate of drug-likeness (QED) is 0.249. The summed E-state index contributed by atoms with van der Waals surface area (Å²) in [6.07, 6.45) is 2.37. The molecule has 0 saturated carbocycles. The fourth-order valence-electron chi connectivity index (χ4n) is 3.59. The van der Waals surface area contributed by atoms with E-state index in [9.17, 15) is 9.00 Å². The first kappa shape index (κ1) is 31.6. The van der Waals surface area contributed by atoms with Gasteiger partial charge in [-0.2, -0.15) is 0 Å². The fraction of sp³-hybridized carbons (Fsp3) is 0.690. The van der Waals surface area contributed by atoms with Gasteiger partial charge < -0.3 is 14.1 Å². The van der Waals surface area contributed by atoms with Gasteiger partial charge >= 0.3 is 6.09 Å². The molecule has 0 aromatic heterocycles. The number of carbonyl (C=O) groups excluding carboxylic acids is 1. The average Bonchev–Trinajstić information content (AvgIpc) is 2.75. The Morgan fingerprint density at radius 3 is 2.16 bits per heavy atom. The van der Waals surface area contributed by atoms with Crippen molar-refractivity contribution in [3.8, 4) is 0 Å². The van der Waals surface area contributed by atoms with Gasteiger partial charge in [0.2, 0.25) is 0 Å². The number of nitrogens with zero attached hydrogens (tertiary/aromatic N) is 2. The second-order valence-corrected chi connectivity index (χ2v) is 20.2. The molecule has 6 nitrogen and oxygen atoms in total. The number of ether oxygens (including phenoxy) is 1. The topological polar surface area (TPSA) is 68.2 Å². The molecule has 2 atom stereocenters. The first-order chi connectivity index (χ1) is 16.8. The number of rotatable bonds is 8. The molecular weight excluding hydrogens is 500 g/mol. The Kier molecular flexibility index (Phi) is 10.3. The minimum Gasteiger partial charge on any atom is -0.444 e. The standard InChI is InChI=1S/C29H50N2O4SSi/c1-22(2)26(20-34-37(10,11)29(7,8)9)30-36(33,25-14-12-23(3)13-15-25)21-24-16-18-31(19-17-24)27(32)35-28(4,5)6/h12-16,22,26H,17-21H2,1-11H3/t26-,36?/m1/s1. The van der Waals surface area contributed by atoms with Crippen molar-refractivity contribution in [3.63, 3.8) is 0 Å². The molecule has 0 N–H and O–H groups in total. The lowest BCUT2D eigenvalue weighted by molar-refractivity contribution is 0.0266. The molecule has 1 aliphatic rings. The molecule has 0 saturated heterocycles. The van der Waals surface area contributed by atoms with Crippen LogP contribution in [0.5, 0.6) is 0 Å². The Bertz CT molecular complexity index is 1070. The molecule has 0 fully saturated rings. The molecule has 1 amide bonds. The van der Waals surface area contributed by atoms with Crippen LogP contribution in [0.3, 0.4) is 0 Å². The molecule has 1 aromatic rings. The smallest absolute Gasteiger partial charge is 0.410 e. The van der Waals surface area contributed by atoms with E-state index < -0.39 is 23.6 Å². The maximum absolute atomic E-state index is 14.6. The molecule has 0 bridgehead atoms. The van der Waals surface area contributed by atoms with E-state index >= 15 is 0 Å². The lowest BCUT2D eigenvalue weighted by Gasteiger charge is -2.37. The van der Waals surface area contributed by atoms with Crippen LogP contribution in [0.2, 0.25) is 18.1 Å². The zero-order valence-corrected chi connectivity index (χ0v) is 26.8. The summed E-state index contributed by atoms with van der Waals surface area (Å²) in [5.74, 6) is 0.556. The summed E-state index contributed by atoms with van der Waals surface area (Å²) in [5.41, 5.74) is 1.66. The van der Waals surface area contributed by atoms with Crippen molar-refractivity contribution < 1.29 is 18.2 Å². The van der Waals surface area contributed by atoms with Gasteiger partial charge in [0, 0.05) is 18.0 Å².